The predicted octanol–water partition coefficient (Wildman–Crippen LogP) is 3.38. The Morgan fingerprint density at radius 3 is 2.46 bits per heavy atom. The number of carbonyl (C=O) groups is 1. The average Bonchev–Trinajstić information content (AvgIpc) is 3.10. The summed E-state index contributed by atoms with van der Waals surface area (Å²) in [5.74, 6) is 1.27. The SMILES string of the molecule is COc1ccc([C@H]2C(C(N)=O)=C(C)Nc3nc(-c4ccc(Cl)cc4)nn32)cc1. The van der Waals surface area contributed by atoms with Gasteiger partial charge in [-0.05, 0) is 48.9 Å². The number of hydrogen-bond donors (Lipinski definition) is 2. The van der Waals surface area contributed by atoms with Crippen molar-refractivity contribution in [3.05, 3.63) is 70.4 Å². The molecule has 8 heteroatoms. The topological polar surface area (TPSA) is 95.1 Å². The van der Waals surface area contributed by atoms with Crippen molar-refractivity contribution in [2.75, 3.05) is 12.4 Å². The maximum Gasteiger partial charge on any atom is 0.248 e. The number of amides is 1. The van der Waals surface area contributed by atoms with Gasteiger partial charge in [-0.3, -0.25) is 4.79 Å². The lowest BCUT2D eigenvalue weighted by atomic mass is 9.95. The molecule has 0 saturated heterocycles. The van der Waals surface area contributed by atoms with E-state index in [0.717, 1.165) is 16.9 Å². The third kappa shape index (κ3) is 3.10. The van der Waals surface area contributed by atoms with Gasteiger partial charge in [0.2, 0.25) is 11.9 Å². The highest BCUT2D eigenvalue weighted by Gasteiger charge is 2.33. The Bertz CT molecular complexity index is 1070. The number of hydrogen-bond acceptors (Lipinski definition) is 5. The van der Waals surface area contributed by atoms with Crippen molar-refractivity contribution in [2.45, 2.75) is 13.0 Å². The molecule has 0 bridgehead atoms. The first-order valence-corrected chi connectivity index (χ1v) is 8.99. The molecule has 0 spiro atoms. The molecule has 7 nitrogen and oxygen atoms in total. The summed E-state index contributed by atoms with van der Waals surface area (Å²) in [7, 11) is 1.60. The highest BCUT2D eigenvalue weighted by atomic mass is 35.5. The van der Waals surface area contributed by atoms with Crippen molar-refractivity contribution in [3.63, 3.8) is 0 Å². The maximum atomic E-state index is 12.2. The van der Waals surface area contributed by atoms with Gasteiger partial charge in [0.05, 0.1) is 12.7 Å². The van der Waals surface area contributed by atoms with Crippen LogP contribution in [0.3, 0.4) is 0 Å². The third-order valence-electron chi connectivity index (χ3n) is 4.65. The lowest BCUT2D eigenvalue weighted by molar-refractivity contribution is -0.115. The fourth-order valence-electron chi connectivity index (χ4n) is 3.29. The Hall–Kier alpha value is -3.32. The molecule has 0 radical (unpaired) electrons. The first-order chi connectivity index (χ1) is 13.5. The van der Waals surface area contributed by atoms with Crippen LogP contribution in [0, 0.1) is 0 Å². The van der Waals surface area contributed by atoms with E-state index >= 15 is 0 Å². The van der Waals surface area contributed by atoms with Gasteiger partial charge in [0, 0.05) is 16.3 Å². The molecule has 1 atom stereocenters. The van der Waals surface area contributed by atoms with Crippen molar-refractivity contribution in [2.24, 2.45) is 5.73 Å². The Labute approximate surface area is 166 Å². The molecular weight excluding hydrogens is 378 g/mol. The third-order valence-corrected chi connectivity index (χ3v) is 4.90. The number of fused-ring (bicyclic) bond motifs is 1. The molecule has 0 aliphatic carbocycles. The van der Waals surface area contributed by atoms with Crippen LogP contribution in [-0.2, 0) is 4.79 Å². The number of methoxy groups -OCH3 is 1. The van der Waals surface area contributed by atoms with Gasteiger partial charge < -0.3 is 15.8 Å². The van der Waals surface area contributed by atoms with Gasteiger partial charge in [0.15, 0.2) is 5.82 Å². The molecule has 1 aliphatic heterocycles. The molecule has 28 heavy (non-hydrogen) atoms. The van der Waals surface area contributed by atoms with E-state index in [4.69, 9.17) is 22.1 Å². The van der Waals surface area contributed by atoms with Crippen LogP contribution in [-0.4, -0.2) is 27.8 Å². The van der Waals surface area contributed by atoms with E-state index < -0.39 is 11.9 Å². The summed E-state index contributed by atoms with van der Waals surface area (Å²) in [4.78, 5) is 16.8. The Morgan fingerprint density at radius 2 is 1.86 bits per heavy atom. The van der Waals surface area contributed by atoms with Crippen molar-refractivity contribution < 1.29 is 9.53 Å². The molecule has 0 saturated carbocycles. The fourth-order valence-corrected chi connectivity index (χ4v) is 3.41. The van der Waals surface area contributed by atoms with Gasteiger partial charge in [-0.1, -0.05) is 23.7 Å². The number of nitrogens with two attached hydrogens (primary N) is 1. The standard InChI is InChI=1S/C20H18ClN5O2/c1-11-16(18(22)27)17(12-5-9-15(28-2)10-6-12)26-20(23-11)24-19(25-26)13-3-7-14(21)8-4-13/h3-10,17H,1-2H3,(H2,22,27)(H,23,24,25)/t17-/m0/s1. The second-order valence-corrected chi connectivity index (χ2v) is 6.85. The minimum atomic E-state index is -0.514. The van der Waals surface area contributed by atoms with Crippen molar-refractivity contribution in [1.29, 1.82) is 0 Å². The van der Waals surface area contributed by atoms with Crippen LogP contribution < -0.4 is 15.8 Å². The number of nitrogens with one attached hydrogen (secondary N) is 1. The zero-order valence-corrected chi connectivity index (χ0v) is 16.1. The van der Waals surface area contributed by atoms with Crippen LogP contribution in [0.1, 0.15) is 18.5 Å². The number of allylic oxidation sites excluding steroid dienone is 1. The van der Waals surface area contributed by atoms with Crippen LogP contribution in [0.25, 0.3) is 11.4 Å². The molecule has 2 heterocycles. The van der Waals surface area contributed by atoms with Gasteiger partial charge >= 0.3 is 0 Å². The number of ether oxygens (including phenoxy) is 1. The summed E-state index contributed by atoms with van der Waals surface area (Å²) >= 11 is 5.97. The Balaban J connectivity index is 1.84. The fraction of sp³-hybridized carbons (Fsp3) is 0.150. The average molecular weight is 396 g/mol. The van der Waals surface area contributed by atoms with E-state index in [0.29, 0.717) is 28.1 Å². The van der Waals surface area contributed by atoms with Gasteiger partial charge in [-0.25, -0.2) is 4.68 Å². The molecule has 3 N–H and O–H groups in total. The van der Waals surface area contributed by atoms with Crippen molar-refractivity contribution in [1.82, 2.24) is 14.8 Å². The zero-order chi connectivity index (χ0) is 19.8. The number of carbonyl (C=O) groups excluding carboxylic acids is 1. The molecular formula is C20H18ClN5O2. The number of nitrogens with zero attached hydrogens (tertiary/aromatic N) is 3. The number of primary amides is 1. The summed E-state index contributed by atoms with van der Waals surface area (Å²) in [5, 5.41) is 8.41. The Morgan fingerprint density at radius 1 is 1.18 bits per heavy atom. The molecule has 2 aromatic carbocycles. The number of rotatable bonds is 4. The first-order valence-electron chi connectivity index (χ1n) is 8.62. The molecule has 3 aromatic rings. The van der Waals surface area contributed by atoms with Gasteiger partial charge in [0.1, 0.15) is 11.8 Å². The van der Waals surface area contributed by atoms with Crippen molar-refractivity contribution in [3.8, 4) is 17.1 Å². The van der Waals surface area contributed by atoms with Crippen LogP contribution in [0.5, 0.6) is 5.75 Å². The van der Waals surface area contributed by atoms with E-state index in [2.05, 4.69) is 15.4 Å². The molecule has 0 fully saturated rings. The second-order valence-electron chi connectivity index (χ2n) is 6.41. The molecule has 0 unspecified atom stereocenters. The number of benzene rings is 2. The number of halogens is 1. The quantitative estimate of drug-likeness (QED) is 0.706. The highest BCUT2D eigenvalue weighted by Crippen LogP contribution is 2.36. The smallest absolute Gasteiger partial charge is 0.248 e. The molecule has 142 valence electrons. The van der Waals surface area contributed by atoms with Gasteiger partial charge in [-0.15, -0.1) is 5.10 Å². The lowest BCUT2D eigenvalue weighted by Crippen LogP contribution is -2.31. The summed E-state index contributed by atoms with van der Waals surface area (Å²) in [6.45, 7) is 1.80. The first kappa shape index (κ1) is 18.1. The summed E-state index contributed by atoms with van der Waals surface area (Å²) in [6.07, 6.45) is 0. The zero-order valence-electron chi connectivity index (χ0n) is 15.3. The minimum Gasteiger partial charge on any atom is -0.497 e. The second kappa shape index (κ2) is 7.01. The Kier molecular flexibility index (Phi) is 4.52. The molecule has 4 rings (SSSR count). The lowest BCUT2D eigenvalue weighted by Gasteiger charge is -2.27. The van der Waals surface area contributed by atoms with Crippen LogP contribution >= 0.6 is 11.6 Å². The van der Waals surface area contributed by atoms with Gasteiger partial charge in [-0.2, -0.15) is 4.98 Å². The monoisotopic (exact) mass is 395 g/mol. The van der Waals surface area contributed by atoms with Crippen molar-refractivity contribution >= 4 is 23.5 Å². The van der Waals surface area contributed by atoms with Crippen LogP contribution in [0.4, 0.5) is 5.95 Å². The van der Waals surface area contributed by atoms with E-state index in [1.807, 2.05) is 36.4 Å². The summed E-state index contributed by atoms with van der Waals surface area (Å²) in [5.41, 5.74) is 8.45. The minimum absolute atomic E-state index is 0.435. The highest BCUT2D eigenvalue weighted by molar-refractivity contribution is 6.30. The van der Waals surface area contributed by atoms with E-state index in [-0.39, 0.29) is 0 Å². The van der Waals surface area contributed by atoms with Gasteiger partial charge in [0.25, 0.3) is 0 Å². The van der Waals surface area contributed by atoms with E-state index in [1.165, 1.54) is 0 Å². The molecule has 1 aliphatic rings. The van der Waals surface area contributed by atoms with Crippen LogP contribution in [0.15, 0.2) is 59.8 Å². The summed E-state index contributed by atoms with van der Waals surface area (Å²) in [6, 6.07) is 14.2. The van der Waals surface area contributed by atoms with E-state index in [1.54, 1.807) is 30.8 Å². The largest absolute Gasteiger partial charge is 0.497 e. The molecule has 1 amide bonds. The van der Waals surface area contributed by atoms with E-state index in [9.17, 15) is 4.79 Å². The predicted molar refractivity (Wildman–Crippen MR) is 107 cm³/mol. The number of aromatic nitrogens is 3. The summed E-state index contributed by atoms with van der Waals surface area (Å²) < 4.78 is 6.91. The van der Waals surface area contributed by atoms with Crippen LogP contribution in [0.2, 0.25) is 5.02 Å². The normalized spacial score (nSPS) is 15.8. The number of anilines is 1. The molecule has 1 aromatic heterocycles. The maximum absolute atomic E-state index is 12.2.